The van der Waals surface area contributed by atoms with E-state index in [0.717, 1.165) is 47.7 Å². The molecular weight excluding hydrogens is 430 g/mol. The molecule has 0 radical (unpaired) electrons. The zero-order valence-electron chi connectivity index (χ0n) is 16.6. The molecule has 3 aromatic heterocycles. The van der Waals surface area contributed by atoms with Crippen molar-refractivity contribution in [2.45, 2.75) is 37.3 Å². The lowest BCUT2D eigenvalue weighted by Crippen LogP contribution is -2.14. The third-order valence-electron chi connectivity index (χ3n) is 5.34. The summed E-state index contributed by atoms with van der Waals surface area (Å²) in [5, 5.41) is 22.7. The van der Waals surface area contributed by atoms with E-state index in [1.807, 2.05) is 30.5 Å². The molecule has 7 nitrogen and oxygen atoms in total. The summed E-state index contributed by atoms with van der Waals surface area (Å²) < 4.78 is 5.75. The Morgan fingerprint density at radius 1 is 1.26 bits per heavy atom. The number of hydrogen-bond donors (Lipinski definition) is 2. The number of aryl methyl sites for hydroxylation is 1. The van der Waals surface area contributed by atoms with Gasteiger partial charge in [0.15, 0.2) is 0 Å². The number of hydrogen-bond acceptors (Lipinski definition) is 7. The van der Waals surface area contributed by atoms with E-state index in [2.05, 4.69) is 26.6 Å². The van der Waals surface area contributed by atoms with Crippen molar-refractivity contribution in [3.05, 3.63) is 46.5 Å². The number of nitrogens with zero attached hydrogens (tertiary/aromatic N) is 3. The van der Waals surface area contributed by atoms with E-state index < -0.39 is 0 Å². The van der Waals surface area contributed by atoms with E-state index in [4.69, 9.17) is 4.42 Å². The number of para-hydroxylation sites is 1. The van der Waals surface area contributed by atoms with Crippen LogP contribution in [0.15, 0.2) is 40.1 Å². The summed E-state index contributed by atoms with van der Waals surface area (Å²) in [6, 6.07) is 10.2. The number of aromatic nitrogens is 3. The predicted molar refractivity (Wildman–Crippen MR) is 121 cm³/mol. The lowest BCUT2D eigenvalue weighted by atomic mass is 10.1. The maximum Gasteiger partial charge on any atom is 0.277 e. The van der Waals surface area contributed by atoms with E-state index in [0.29, 0.717) is 21.7 Å². The highest BCUT2D eigenvalue weighted by molar-refractivity contribution is 7.99. The monoisotopic (exact) mass is 449 g/mol. The largest absolute Gasteiger partial charge is 0.411 e. The first-order chi connectivity index (χ1) is 15.2. The third-order valence-corrected chi connectivity index (χ3v) is 7.36. The number of thiophene rings is 1. The Bertz CT molecular complexity index is 1300. The summed E-state index contributed by atoms with van der Waals surface area (Å²) in [5.41, 5.74) is 3.57. The summed E-state index contributed by atoms with van der Waals surface area (Å²) in [4.78, 5) is 16.9. The molecule has 1 aliphatic carbocycles. The Labute approximate surface area is 186 Å². The fraction of sp³-hybridized carbons (Fsp3) is 0.273. The van der Waals surface area contributed by atoms with Gasteiger partial charge < -0.3 is 14.7 Å². The first kappa shape index (κ1) is 19.8. The van der Waals surface area contributed by atoms with Crippen molar-refractivity contribution in [3.8, 4) is 17.5 Å². The molecule has 0 atom stereocenters. The van der Waals surface area contributed by atoms with Gasteiger partial charge in [-0.15, -0.1) is 21.5 Å². The number of aromatic amines is 1. The number of nitriles is 1. The topological polar surface area (TPSA) is 108 Å². The zero-order chi connectivity index (χ0) is 21.2. The molecule has 1 amide bonds. The van der Waals surface area contributed by atoms with Gasteiger partial charge in [0.25, 0.3) is 11.1 Å². The maximum absolute atomic E-state index is 12.5. The van der Waals surface area contributed by atoms with Crippen molar-refractivity contribution in [3.63, 3.8) is 0 Å². The van der Waals surface area contributed by atoms with Gasteiger partial charge >= 0.3 is 0 Å². The summed E-state index contributed by atoms with van der Waals surface area (Å²) in [7, 11) is 0. The summed E-state index contributed by atoms with van der Waals surface area (Å²) in [6.45, 7) is 0. The molecule has 4 aromatic rings. The van der Waals surface area contributed by atoms with E-state index in [1.54, 1.807) is 0 Å². The molecule has 3 heterocycles. The van der Waals surface area contributed by atoms with Crippen LogP contribution in [0.3, 0.4) is 0 Å². The van der Waals surface area contributed by atoms with Gasteiger partial charge in [0, 0.05) is 22.0 Å². The minimum absolute atomic E-state index is 0.128. The average Bonchev–Trinajstić information content (AvgIpc) is 3.45. The molecular formula is C22H19N5O2S2. The number of benzene rings is 1. The lowest BCUT2D eigenvalue weighted by Gasteiger charge is -2.02. The Morgan fingerprint density at radius 2 is 2.13 bits per heavy atom. The Hall–Kier alpha value is -3.09. The molecule has 0 saturated heterocycles. The number of amides is 1. The van der Waals surface area contributed by atoms with Crippen molar-refractivity contribution >= 4 is 44.9 Å². The van der Waals surface area contributed by atoms with Crippen molar-refractivity contribution < 1.29 is 9.21 Å². The van der Waals surface area contributed by atoms with Crippen LogP contribution >= 0.6 is 23.1 Å². The number of carbonyl (C=O) groups is 1. The first-order valence-electron chi connectivity index (χ1n) is 10.1. The van der Waals surface area contributed by atoms with E-state index >= 15 is 0 Å². The van der Waals surface area contributed by atoms with Gasteiger partial charge in [-0.2, -0.15) is 5.26 Å². The van der Waals surface area contributed by atoms with Crippen LogP contribution in [-0.4, -0.2) is 26.8 Å². The van der Waals surface area contributed by atoms with Crippen molar-refractivity contribution in [2.24, 2.45) is 0 Å². The predicted octanol–water partition coefficient (Wildman–Crippen LogP) is 5.15. The maximum atomic E-state index is 12.5. The molecule has 0 fully saturated rings. The van der Waals surface area contributed by atoms with Gasteiger partial charge in [0.05, 0.1) is 16.9 Å². The van der Waals surface area contributed by atoms with Crippen LogP contribution < -0.4 is 5.32 Å². The van der Waals surface area contributed by atoms with Crippen LogP contribution in [0.5, 0.6) is 0 Å². The number of anilines is 1. The fourth-order valence-electron chi connectivity index (χ4n) is 3.86. The quantitative estimate of drug-likeness (QED) is 0.322. The van der Waals surface area contributed by atoms with E-state index in [-0.39, 0.29) is 11.7 Å². The average molecular weight is 450 g/mol. The van der Waals surface area contributed by atoms with Crippen LogP contribution in [0.2, 0.25) is 0 Å². The third kappa shape index (κ3) is 3.96. The highest BCUT2D eigenvalue weighted by Crippen LogP contribution is 2.37. The smallest absolute Gasteiger partial charge is 0.277 e. The molecule has 1 aromatic carbocycles. The summed E-state index contributed by atoms with van der Waals surface area (Å²) in [5.74, 6) is 0.349. The number of carbonyl (C=O) groups excluding carboxylic acids is 1. The molecule has 0 unspecified atom stereocenters. The molecule has 31 heavy (non-hydrogen) atoms. The fourth-order valence-corrected chi connectivity index (χ4v) is 5.68. The minimum atomic E-state index is -0.190. The molecule has 9 heteroatoms. The Morgan fingerprint density at radius 3 is 3.03 bits per heavy atom. The highest BCUT2D eigenvalue weighted by Gasteiger charge is 2.21. The minimum Gasteiger partial charge on any atom is -0.411 e. The van der Waals surface area contributed by atoms with Gasteiger partial charge in [0.2, 0.25) is 5.91 Å². The number of H-pyrrole nitrogens is 1. The molecule has 156 valence electrons. The van der Waals surface area contributed by atoms with Crippen LogP contribution in [0.1, 0.15) is 35.3 Å². The molecule has 0 spiro atoms. The second-order valence-corrected chi connectivity index (χ2v) is 9.37. The second kappa shape index (κ2) is 8.57. The summed E-state index contributed by atoms with van der Waals surface area (Å²) in [6.07, 6.45) is 7.16. The standard InChI is InChI=1S/C22H19N5O2S2/c23-10-15-14-7-2-1-3-9-18(14)31-21(15)25-19(28)12-30-22-27-26-20(29-22)16-11-24-17-8-5-4-6-13(16)17/h4-6,8,11,24H,1-3,7,9,12H2,(H,25,28). The van der Waals surface area contributed by atoms with E-state index in [1.165, 1.54) is 34.4 Å². The van der Waals surface area contributed by atoms with Gasteiger partial charge in [-0.1, -0.05) is 36.4 Å². The Balaban J connectivity index is 1.25. The van der Waals surface area contributed by atoms with Crippen LogP contribution in [0, 0.1) is 11.3 Å². The number of nitrogens with one attached hydrogen (secondary N) is 2. The lowest BCUT2D eigenvalue weighted by molar-refractivity contribution is -0.113. The van der Waals surface area contributed by atoms with Gasteiger partial charge in [-0.25, -0.2) is 0 Å². The molecule has 2 N–H and O–H groups in total. The highest BCUT2D eigenvalue weighted by atomic mass is 32.2. The second-order valence-electron chi connectivity index (χ2n) is 7.34. The van der Waals surface area contributed by atoms with Gasteiger partial charge in [-0.05, 0) is 37.3 Å². The van der Waals surface area contributed by atoms with Gasteiger partial charge in [0.1, 0.15) is 11.1 Å². The molecule has 0 bridgehead atoms. The number of thioether (sulfide) groups is 1. The van der Waals surface area contributed by atoms with E-state index in [9.17, 15) is 10.1 Å². The zero-order valence-corrected chi connectivity index (χ0v) is 18.2. The van der Waals surface area contributed by atoms with Gasteiger partial charge in [-0.3, -0.25) is 4.79 Å². The number of fused-ring (bicyclic) bond motifs is 2. The Kier molecular flexibility index (Phi) is 5.49. The number of rotatable bonds is 5. The van der Waals surface area contributed by atoms with Crippen molar-refractivity contribution in [1.82, 2.24) is 15.2 Å². The first-order valence-corrected chi connectivity index (χ1v) is 11.9. The normalized spacial score (nSPS) is 13.5. The van der Waals surface area contributed by atoms with Crippen molar-refractivity contribution in [1.29, 1.82) is 5.26 Å². The molecule has 5 rings (SSSR count). The molecule has 0 saturated carbocycles. The molecule has 0 aliphatic heterocycles. The van der Waals surface area contributed by atoms with Crippen molar-refractivity contribution in [2.75, 3.05) is 11.1 Å². The summed E-state index contributed by atoms with van der Waals surface area (Å²) >= 11 is 2.72. The SMILES string of the molecule is N#Cc1c(NC(=O)CSc2nnc(-c3c[nH]c4ccccc34)o2)sc2c1CCCCC2. The van der Waals surface area contributed by atoms with Crippen LogP contribution in [0.4, 0.5) is 5.00 Å². The molecule has 1 aliphatic rings. The van der Waals surface area contributed by atoms with Crippen LogP contribution in [-0.2, 0) is 17.6 Å². The van der Waals surface area contributed by atoms with Crippen LogP contribution in [0.25, 0.3) is 22.4 Å².